The third-order valence-corrected chi connectivity index (χ3v) is 3.97. The third-order valence-electron chi connectivity index (χ3n) is 3.47. The summed E-state index contributed by atoms with van der Waals surface area (Å²) in [7, 11) is 0. The van der Waals surface area contributed by atoms with E-state index in [4.69, 9.17) is 4.74 Å². The molecule has 1 N–H and O–H groups in total. The van der Waals surface area contributed by atoms with Gasteiger partial charge in [-0.05, 0) is 38.0 Å². The van der Waals surface area contributed by atoms with E-state index in [1.54, 1.807) is 0 Å². The minimum Gasteiger partial charge on any atom is -0.377 e. The average molecular weight is 284 g/mol. The van der Waals surface area contributed by atoms with Gasteiger partial charge in [0.2, 0.25) is 0 Å². The zero-order valence-corrected chi connectivity index (χ0v) is 11.4. The van der Waals surface area contributed by atoms with Crippen LogP contribution in [0.15, 0.2) is 28.7 Å². The molecule has 88 valence electrons. The fourth-order valence-electron chi connectivity index (χ4n) is 2.02. The van der Waals surface area contributed by atoms with Crippen molar-refractivity contribution in [3.8, 4) is 0 Å². The zero-order chi connectivity index (χ0) is 11.6. The first kappa shape index (κ1) is 12.1. The molecule has 1 heterocycles. The van der Waals surface area contributed by atoms with Crippen LogP contribution >= 0.6 is 15.9 Å². The second-order valence-electron chi connectivity index (χ2n) is 4.66. The first-order chi connectivity index (χ1) is 7.60. The summed E-state index contributed by atoms with van der Waals surface area (Å²) in [5.41, 5.74) is 1.41. The number of hydrogen-bond acceptors (Lipinski definition) is 2. The van der Waals surface area contributed by atoms with Crippen molar-refractivity contribution in [3.05, 3.63) is 34.3 Å². The summed E-state index contributed by atoms with van der Waals surface area (Å²) in [6.07, 6.45) is 1.38. The van der Waals surface area contributed by atoms with E-state index in [0.29, 0.717) is 6.10 Å². The van der Waals surface area contributed by atoms with Crippen LogP contribution < -0.4 is 5.32 Å². The van der Waals surface area contributed by atoms with Gasteiger partial charge in [0.1, 0.15) is 0 Å². The van der Waals surface area contributed by atoms with E-state index in [0.717, 1.165) is 24.0 Å². The number of benzene rings is 1. The molecule has 0 bridgehead atoms. The van der Waals surface area contributed by atoms with Gasteiger partial charge in [-0.25, -0.2) is 0 Å². The van der Waals surface area contributed by atoms with Gasteiger partial charge in [0.15, 0.2) is 0 Å². The van der Waals surface area contributed by atoms with Crippen molar-refractivity contribution in [3.63, 3.8) is 0 Å². The Balaban J connectivity index is 1.97. The lowest BCUT2D eigenvalue weighted by atomic mass is 9.94. The lowest BCUT2D eigenvalue weighted by molar-refractivity contribution is 0.0881. The molecule has 0 spiro atoms. The van der Waals surface area contributed by atoms with E-state index < -0.39 is 0 Å². The zero-order valence-electron chi connectivity index (χ0n) is 9.79. The molecule has 3 heteroatoms. The Morgan fingerprint density at radius 2 is 2.38 bits per heavy atom. The summed E-state index contributed by atoms with van der Waals surface area (Å²) in [5, 5.41) is 3.61. The second-order valence-corrected chi connectivity index (χ2v) is 5.58. The predicted molar refractivity (Wildman–Crippen MR) is 69.4 cm³/mol. The van der Waals surface area contributed by atoms with E-state index in [2.05, 4.69) is 53.3 Å². The predicted octanol–water partition coefficient (Wildman–Crippen LogP) is 3.11. The molecule has 0 radical (unpaired) electrons. The van der Waals surface area contributed by atoms with Crippen molar-refractivity contribution in [2.24, 2.45) is 0 Å². The van der Waals surface area contributed by atoms with Gasteiger partial charge >= 0.3 is 0 Å². The largest absolute Gasteiger partial charge is 0.377 e. The number of halogens is 1. The van der Waals surface area contributed by atoms with Crippen molar-refractivity contribution in [2.45, 2.75) is 38.5 Å². The number of nitrogens with one attached hydrogen (secondary N) is 1. The monoisotopic (exact) mass is 283 g/mol. The maximum Gasteiger partial charge on any atom is 0.0726 e. The molecule has 1 fully saturated rings. The molecule has 0 aromatic heterocycles. The highest BCUT2D eigenvalue weighted by Gasteiger charge is 2.36. The molecular formula is C13H18BrNO. The van der Waals surface area contributed by atoms with Crippen LogP contribution in [0.2, 0.25) is 0 Å². The molecular weight excluding hydrogens is 266 g/mol. The SMILES string of the molecule is CC1OCCC1(C)NCc1cccc(Br)c1. The molecule has 16 heavy (non-hydrogen) atoms. The maximum atomic E-state index is 5.61. The van der Waals surface area contributed by atoms with E-state index in [-0.39, 0.29) is 5.54 Å². The molecule has 1 aliphatic heterocycles. The van der Waals surface area contributed by atoms with Crippen molar-refractivity contribution in [2.75, 3.05) is 6.61 Å². The topological polar surface area (TPSA) is 21.3 Å². The van der Waals surface area contributed by atoms with Crippen LogP contribution in [-0.4, -0.2) is 18.2 Å². The van der Waals surface area contributed by atoms with Gasteiger partial charge in [-0.2, -0.15) is 0 Å². The molecule has 0 aliphatic carbocycles. The fraction of sp³-hybridized carbons (Fsp3) is 0.538. The molecule has 2 unspecified atom stereocenters. The lowest BCUT2D eigenvalue weighted by Gasteiger charge is -2.29. The third kappa shape index (κ3) is 2.65. The van der Waals surface area contributed by atoms with Crippen molar-refractivity contribution in [1.29, 1.82) is 0 Å². The van der Waals surface area contributed by atoms with Crippen LogP contribution in [0.1, 0.15) is 25.8 Å². The van der Waals surface area contributed by atoms with Crippen LogP contribution in [0.25, 0.3) is 0 Å². The second kappa shape index (κ2) is 4.86. The molecule has 2 rings (SSSR count). The van der Waals surface area contributed by atoms with Crippen LogP contribution in [0, 0.1) is 0 Å². The van der Waals surface area contributed by atoms with Gasteiger partial charge in [-0.15, -0.1) is 0 Å². The molecule has 1 aromatic carbocycles. The van der Waals surface area contributed by atoms with Gasteiger partial charge in [0.25, 0.3) is 0 Å². The van der Waals surface area contributed by atoms with E-state index in [1.807, 2.05) is 6.07 Å². The van der Waals surface area contributed by atoms with Crippen LogP contribution in [-0.2, 0) is 11.3 Å². The summed E-state index contributed by atoms with van der Waals surface area (Å²) < 4.78 is 6.74. The summed E-state index contributed by atoms with van der Waals surface area (Å²) in [4.78, 5) is 0. The highest BCUT2D eigenvalue weighted by molar-refractivity contribution is 9.10. The quantitative estimate of drug-likeness (QED) is 0.921. The average Bonchev–Trinajstić information content (AvgIpc) is 2.58. The number of ether oxygens (including phenoxy) is 1. The number of rotatable bonds is 3. The Morgan fingerprint density at radius 1 is 1.56 bits per heavy atom. The molecule has 1 aromatic rings. The Kier molecular flexibility index (Phi) is 3.67. The Morgan fingerprint density at radius 3 is 3.00 bits per heavy atom. The first-order valence-electron chi connectivity index (χ1n) is 5.71. The molecule has 2 atom stereocenters. The van der Waals surface area contributed by atoms with E-state index >= 15 is 0 Å². The molecule has 0 amide bonds. The van der Waals surface area contributed by atoms with Crippen LogP contribution in [0.4, 0.5) is 0 Å². The van der Waals surface area contributed by atoms with Crippen LogP contribution in [0.3, 0.4) is 0 Å². The first-order valence-corrected chi connectivity index (χ1v) is 6.50. The summed E-state index contributed by atoms with van der Waals surface area (Å²) in [5.74, 6) is 0. The van der Waals surface area contributed by atoms with Gasteiger partial charge < -0.3 is 10.1 Å². The number of hydrogen-bond donors (Lipinski definition) is 1. The lowest BCUT2D eigenvalue weighted by Crippen LogP contribution is -2.47. The molecule has 2 nitrogen and oxygen atoms in total. The van der Waals surface area contributed by atoms with E-state index in [1.165, 1.54) is 5.56 Å². The minimum atomic E-state index is 0.113. The standard InChI is InChI=1S/C13H18BrNO/c1-10-13(2,6-7-16-10)15-9-11-4-3-5-12(14)8-11/h3-5,8,10,15H,6-7,9H2,1-2H3. The minimum absolute atomic E-state index is 0.113. The maximum absolute atomic E-state index is 5.61. The molecule has 1 saturated heterocycles. The van der Waals surface area contributed by atoms with Crippen molar-refractivity contribution >= 4 is 15.9 Å². The highest BCUT2D eigenvalue weighted by Crippen LogP contribution is 2.25. The van der Waals surface area contributed by atoms with Crippen LogP contribution in [0.5, 0.6) is 0 Å². The Labute approximate surface area is 106 Å². The summed E-state index contributed by atoms with van der Waals surface area (Å²) >= 11 is 3.49. The van der Waals surface area contributed by atoms with Crippen molar-refractivity contribution in [1.82, 2.24) is 5.32 Å². The Hall–Kier alpha value is -0.380. The normalized spacial score (nSPS) is 29.6. The van der Waals surface area contributed by atoms with Gasteiger partial charge in [0.05, 0.1) is 6.10 Å². The van der Waals surface area contributed by atoms with Gasteiger partial charge in [-0.3, -0.25) is 0 Å². The summed E-state index contributed by atoms with van der Waals surface area (Å²) in [6.45, 7) is 6.14. The molecule has 1 aliphatic rings. The Bertz CT molecular complexity index is 369. The van der Waals surface area contributed by atoms with Gasteiger partial charge in [-0.1, -0.05) is 28.1 Å². The van der Waals surface area contributed by atoms with E-state index in [9.17, 15) is 0 Å². The molecule has 0 saturated carbocycles. The van der Waals surface area contributed by atoms with Crippen molar-refractivity contribution < 1.29 is 4.74 Å². The fourth-order valence-corrected chi connectivity index (χ4v) is 2.46. The summed E-state index contributed by atoms with van der Waals surface area (Å²) in [6, 6.07) is 8.41. The van der Waals surface area contributed by atoms with Gasteiger partial charge in [0, 0.05) is 23.2 Å². The highest BCUT2D eigenvalue weighted by atomic mass is 79.9. The smallest absolute Gasteiger partial charge is 0.0726 e.